The van der Waals surface area contributed by atoms with Gasteiger partial charge in [-0.25, -0.2) is 9.59 Å². The SMILES string of the molecule is COc1ccccc1/C=C(/C(=O)OCc1cc(=O)oc2cc(O)ccc12)c1ccccc1. The van der Waals surface area contributed by atoms with Gasteiger partial charge in [0.25, 0.3) is 0 Å². The number of methoxy groups -OCH3 is 1. The predicted molar refractivity (Wildman–Crippen MR) is 121 cm³/mol. The lowest BCUT2D eigenvalue weighted by Gasteiger charge is -2.11. The Morgan fingerprint density at radius 2 is 1.75 bits per heavy atom. The van der Waals surface area contributed by atoms with Crippen LogP contribution in [0, 0.1) is 0 Å². The number of phenolic OH excluding ortho intramolecular Hbond substituents is 1. The van der Waals surface area contributed by atoms with Crippen molar-refractivity contribution in [1.29, 1.82) is 0 Å². The number of phenols is 1. The van der Waals surface area contributed by atoms with Crippen LogP contribution in [0.2, 0.25) is 0 Å². The Labute approximate surface area is 184 Å². The fraction of sp³-hybridized carbons (Fsp3) is 0.0769. The van der Waals surface area contributed by atoms with Gasteiger partial charge in [0.05, 0.1) is 12.7 Å². The monoisotopic (exact) mass is 428 g/mol. The van der Waals surface area contributed by atoms with Crippen molar-refractivity contribution in [2.45, 2.75) is 6.61 Å². The molecule has 0 bridgehead atoms. The van der Waals surface area contributed by atoms with Crippen LogP contribution in [0.5, 0.6) is 11.5 Å². The van der Waals surface area contributed by atoms with Crippen molar-refractivity contribution in [3.8, 4) is 11.5 Å². The maximum absolute atomic E-state index is 13.1. The molecule has 3 aromatic carbocycles. The summed E-state index contributed by atoms with van der Waals surface area (Å²) in [5.41, 5.74) is 1.87. The molecular weight excluding hydrogens is 408 g/mol. The lowest BCUT2D eigenvalue weighted by Crippen LogP contribution is -2.09. The number of fused-ring (bicyclic) bond motifs is 1. The zero-order chi connectivity index (χ0) is 22.5. The first-order chi connectivity index (χ1) is 15.5. The standard InChI is InChI=1S/C26H20O6/c1-30-23-10-6-5-9-18(23)13-22(17-7-3-2-4-8-17)26(29)31-16-19-14-25(28)32-24-15-20(27)11-12-21(19)24/h2-15,27H,16H2,1H3/b22-13+. The summed E-state index contributed by atoms with van der Waals surface area (Å²) in [6, 6.07) is 22.2. The van der Waals surface area contributed by atoms with Crippen LogP contribution in [0.25, 0.3) is 22.6 Å². The normalized spacial score (nSPS) is 11.3. The molecule has 1 heterocycles. The molecule has 0 unspecified atom stereocenters. The second kappa shape index (κ2) is 9.22. The number of rotatable bonds is 6. The van der Waals surface area contributed by atoms with Crippen LogP contribution in [0.4, 0.5) is 0 Å². The van der Waals surface area contributed by atoms with Gasteiger partial charge in [0, 0.05) is 28.6 Å². The van der Waals surface area contributed by atoms with Gasteiger partial charge in [-0.3, -0.25) is 0 Å². The largest absolute Gasteiger partial charge is 0.508 e. The van der Waals surface area contributed by atoms with Crippen LogP contribution < -0.4 is 10.4 Å². The highest BCUT2D eigenvalue weighted by Gasteiger charge is 2.16. The van der Waals surface area contributed by atoms with Gasteiger partial charge in [-0.2, -0.15) is 0 Å². The summed E-state index contributed by atoms with van der Waals surface area (Å²) in [7, 11) is 1.57. The Kier molecular flexibility index (Phi) is 6.03. The van der Waals surface area contributed by atoms with E-state index in [2.05, 4.69) is 0 Å². The fourth-order valence-corrected chi connectivity index (χ4v) is 3.38. The van der Waals surface area contributed by atoms with Crippen molar-refractivity contribution in [3.05, 3.63) is 106 Å². The third-order valence-corrected chi connectivity index (χ3v) is 4.92. The fourth-order valence-electron chi connectivity index (χ4n) is 3.38. The van der Waals surface area contributed by atoms with E-state index in [9.17, 15) is 14.7 Å². The zero-order valence-electron chi connectivity index (χ0n) is 17.3. The lowest BCUT2D eigenvalue weighted by atomic mass is 10.0. The van der Waals surface area contributed by atoms with E-state index in [4.69, 9.17) is 13.9 Å². The van der Waals surface area contributed by atoms with Crippen LogP contribution in [0.1, 0.15) is 16.7 Å². The third kappa shape index (κ3) is 4.54. The van der Waals surface area contributed by atoms with Crippen LogP contribution >= 0.6 is 0 Å². The Hall–Kier alpha value is -4.32. The lowest BCUT2D eigenvalue weighted by molar-refractivity contribution is -0.137. The van der Waals surface area contributed by atoms with Crippen LogP contribution in [-0.4, -0.2) is 18.2 Å². The molecule has 0 aliphatic heterocycles. The van der Waals surface area contributed by atoms with Gasteiger partial charge >= 0.3 is 11.6 Å². The molecule has 1 N–H and O–H groups in total. The summed E-state index contributed by atoms with van der Waals surface area (Å²) in [6.45, 7) is -0.137. The molecule has 160 valence electrons. The summed E-state index contributed by atoms with van der Waals surface area (Å²) in [6.07, 6.45) is 1.71. The number of ether oxygens (including phenoxy) is 2. The number of para-hydroxylation sites is 1. The van der Waals surface area contributed by atoms with E-state index in [1.807, 2.05) is 54.6 Å². The highest BCUT2D eigenvalue weighted by Crippen LogP contribution is 2.27. The first-order valence-corrected chi connectivity index (χ1v) is 9.88. The summed E-state index contributed by atoms with van der Waals surface area (Å²) in [4.78, 5) is 25.0. The van der Waals surface area contributed by atoms with Crippen molar-refractivity contribution < 1.29 is 23.8 Å². The van der Waals surface area contributed by atoms with Crippen molar-refractivity contribution in [2.24, 2.45) is 0 Å². The smallest absolute Gasteiger partial charge is 0.339 e. The molecule has 4 rings (SSSR count). The van der Waals surface area contributed by atoms with E-state index in [1.54, 1.807) is 19.3 Å². The van der Waals surface area contributed by atoms with E-state index >= 15 is 0 Å². The van der Waals surface area contributed by atoms with Gasteiger partial charge in [-0.1, -0.05) is 48.5 Å². The summed E-state index contributed by atoms with van der Waals surface area (Å²) in [5, 5.41) is 10.2. The molecule has 0 amide bonds. The van der Waals surface area contributed by atoms with Crippen molar-refractivity contribution in [3.63, 3.8) is 0 Å². The first-order valence-electron chi connectivity index (χ1n) is 9.88. The Balaban J connectivity index is 1.68. The molecule has 0 aliphatic carbocycles. The summed E-state index contributed by atoms with van der Waals surface area (Å²) in [5.74, 6) is 0.0448. The second-order valence-corrected chi connectivity index (χ2v) is 7.01. The van der Waals surface area contributed by atoms with E-state index in [-0.39, 0.29) is 17.9 Å². The zero-order valence-corrected chi connectivity index (χ0v) is 17.3. The van der Waals surface area contributed by atoms with E-state index in [0.29, 0.717) is 27.8 Å². The number of hydrogen-bond donors (Lipinski definition) is 1. The first kappa shape index (κ1) is 20.9. The van der Waals surface area contributed by atoms with Gasteiger partial charge in [0.2, 0.25) is 0 Å². The molecular formula is C26H20O6. The molecule has 0 saturated carbocycles. The molecule has 6 nitrogen and oxygen atoms in total. The van der Waals surface area contributed by atoms with Crippen molar-refractivity contribution >= 4 is 28.6 Å². The average Bonchev–Trinajstić information content (AvgIpc) is 2.81. The second-order valence-electron chi connectivity index (χ2n) is 7.01. The van der Waals surface area contributed by atoms with E-state index < -0.39 is 11.6 Å². The minimum Gasteiger partial charge on any atom is -0.508 e. The van der Waals surface area contributed by atoms with E-state index in [0.717, 1.165) is 5.56 Å². The molecule has 0 saturated heterocycles. The quantitative estimate of drug-likeness (QED) is 0.206. The summed E-state index contributed by atoms with van der Waals surface area (Å²) >= 11 is 0. The Morgan fingerprint density at radius 1 is 1.00 bits per heavy atom. The maximum atomic E-state index is 13.1. The van der Waals surface area contributed by atoms with Gasteiger partial charge in [0.15, 0.2) is 0 Å². The van der Waals surface area contributed by atoms with E-state index in [1.165, 1.54) is 18.2 Å². The molecule has 1 aromatic heterocycles. The maximum Gasteiger partial charge on any atom is 0.339 e. The Bertz CT molecular complexity index is 1350. The summed E-state index contributed by atoms with van der Waals surface area (Å²) < 4.78 is 16.1. The minimum atomic E-state index is -0.595. The predicted octanol–water partition coefficient (Wildman–Crippen LogP) is 4.79. The highest BCUT2D eigenvalue weighted by atomic mass is 16.5. The third-order valence-electron chi connectivity index (χ3n) is 4.92. The number of benzene rings is 3. The highest BCUT2D eigenvalue weighted by molar-refractivity contribution is 6.21. The van der Waals surface area contributed by atoms with Crippen LogP contribution in [-0.2, 0) is 16.1 Å². The number of carbonyl (C=O) groups excluding carboxylic acids is 1. The number of aromatic hydroxyl groups is 1. The molecule has 32 heavy (non-hydrogen) atoms. The topological polar surface area (TPSA) is 86.0 Å². The molecule has 0 fully saturated rings. The molecule has 0 spiro atoms. The molecule has 6 heteroatoms. The van der Waals surface area contributed by atoms with Gasteiger partial charge in [-0.15, -0.1) is 0 Å². The minimum absolute atomic E-state index is 0.0269. The van der Waals surface area contributed by atoms with Crippen molar-refractivity contribution in [2.75, 3.05) is 7.11 Å². The van der Waals surface area contributed by atoms with Crippen LogP contribution in [0.3, 0.4) is 0 Å². The number of esters is 1. The van der Waals surface area contributed by atoms with Crippen LogP contribution in [0.15, 0.2) is 88.1 Å². The number of carbonyl (C=O) groups is 1. The Morgan fingerprint density at radius 3 is 2.53 bits per heavy atom. The molecule has 0 aliphatic rings. The van der Waals surface area contributed by atoms with Gasteiger partial charge in [0.1, 0.15) is 23.7 Å². The molecule has 0 radical (unpaired) electrons. The van der Waals surface area contributed by atoms with Crippen molar-refractivity contribution in [1.82, 2.24) is 0 Å². The van der Waals surface area contributed by atoms with Gasteiger partial charge < -0.3 is 19.0 Å². The number of hydrogen-bond acceptors (Lipinski definition) is 6. The average molecular weight is 428 g/mol. The molecule has 4 aromatic rings. The molecule has 0 atom stereocenters. The van der Waals surface area contributed by atoms with Gasteiger partial charge in [-0.05, 0) is 29.8 Å².